The van der Waals surface area contributed by atoms with E-state index in [0.717, 1.165) is 11.1 Å². The van der Waals surface area contributed by atoms with Crippen LogP contribution in [0.15, 0.2) is 53.0 Å². The highest BCUT2D eigenvalue weighted by molar-refractivity contribution is 9.10. The summed E-state index contributed by atoms with van der Waals surface area (Å²) in [7, 11) is 0. The molecule has 1 atom stereocenters. The lowest BCUT2D eigenvalue weighted by Gasteiger charge is -2.07. The lowest BCUT2D eigenvalue weighted by Crippen LogP contribution is -1.87. The molecule has 0 spiro atoms. The number of hydrogen-bond acceptors (Lipinski definition) is 1. The SMILES string of the molecule is Brc1ccc(-c2ccccc2C2CO2)cc1. The number of epoxide rings is 1. The highest BCUT2D eigenvalue weighted by atomic mass is 79.9. The van der Waals surface area contributed by atoms with E-state index >= 15 is 0 Å². The van der Waals surface area contributed by atoms with Crippen LogP contribution in [0.2, 0.25) is 0 Å². The van der Waals surface area contributed by atoms with Gasteiger partial charge in [-0.1, -0.05) is 52.3 Å². The fraction of sp³-hybridized carbons (Fsp3) is 0.143. The monoisotopic (exact) mass is 274 g/mol. The molecular formula is C14H11BrO. The standard InChI is InChI=1S/C14H11BrO/c15-11-7-5-10(6-8-11)12-3-1-2-4-13(12)14-9-16-14/h1-8,14H,9H2. The van der Waals surface area contributed by atoms with Crippen LogP contribution < -0.4 is 0 Å². The molecule has 1 heterocycles. The van der Waals surface area contributed by atoms with Gasteiger partial charge in [-0.15, -0.1) is 0 Å². The van der Waals surface area contributed by atoms with Gasteiger partial charge < -0.3 is 4.74 Å². The van der Waals surface area contributed by atoms with Crippen LogP contribution in [0.4, 0.5) is 0 Å². The molecule has 1 saturated heterocycles. The summed E-state index contributed by atoms with van der Waals surface area (Å²) in [5.41, 5.74) is 3.82. The Bertz CT molecular complexity index is 500. The van der Waals surface area contributed by atoms with Crippen molar-refractivity contribution in [2.75, 3.05) is 6.61 Å². The predicted molar refractivity (Wildman–Crippen MR) is 68.3 cm³/mol. The van der Waals surface area contributed by atoms with E-state index in [1.54, 1.807) is 0 Å². The van der Waals surface area contributed by atoms with Gasteiger partial charge in [-0.2, -0.15) is 0 Å². The van der Waals surface area contributed by atoms with Gasteiger partial charge in [0, 0.05) is 4.47 Å². The molecule has 2 heteroatoms. The number of rotatable bonds is 2. The summed E-state index contributed by atoms with van der Waals surface area (Å²) in [6.07, 6.45) is 0.305. The molecule has 0 aliphatic carbocycles. The maximum absolute atomic E-state index is 5.37. The molecule has 1 aliphatic heterocycles. The molecule has 80 valence electrons. The third-order valence-corrected chi connectivity index (χ3v) is 3.32. The first-order valence-electron chi connectivity index (χ1n) is 5.31. The van der Waals surface area contributed by atoms with Crippen molar-refractivity contribution in [3.8, 4) is 11.1 Å². The summed E-state index contributed by atoms with van der Waals surface area (Å²) in [5.74, 6) is 0. The average Bonchev–Trinajstić information content (AvgIpc) is 3.14. The summed E-state index contributed by atoms with van der Waals surface area (Å²) in [5, 5.41) is 0. The Hall–Kier alpha value is -1.12. The van der Waals surface area contributed by atoms with Crippen LogP contribution in [0.25, 0.3) is 11.1 Å². The first kappa shape index (κ1) is 10.1. The van der Waals surface area contributed by atoms with Gasteiger partial charge in [-0.3, -0.25) is 0 Å². The van der Waals surface area contributed by atoms with Crippen molar-refractivity contribution in [3.63, 3.8) is 0 Å². The van der Waals surface area contributed by atoms with E-state index in [4.69, 9.17) is 4.74 Å². The molecule has 0 amide bonds. The van der Waals surface area contributed by atoms with Crippen molar-refractivity contribution >= 4 is 15.9 Å². The van der Waals surface area contributed by atoms with Crippen molar-refractivity contribution in [3.05, 3.63) is 58.6 Å². The summed E-state index contributed by atoms with van der Waals surface area (Å²) in [6.45, 7) is 0.855. The zero-order chi connectivity index (χ0) is 11.0. The van der Waals surface area contributed by atoms with E-state index in [2.05, 4.69) is 64.5 Å². The third-order valence-electron chi connectivity index (χ3n) is 2.80. The first-order valence-corrected chi connectivity index (χ1v) is 6.10. The minimum Gasteiger partial charge on any atom is -0.368 e. The molecule has 0 saturated carbocycles. The van der Waals surface area contributed by atoms with E-state index in [-0.39, 0.29) is 0 Å². The van der Waals surface area contributed by atoms with Crippen molar-refractivity contribution in [1.29, 1.82) is 0 Å². The van der Waals surface area contributed by atoms with Gasteiger partial charge in [0.2, 0.25) is 0 Å². The molecule has 0 N–H and O–H groups in total. The highest BCUT2D eigenvalue weighted by Crippen LogP contribution is 2.37. The summed E-state index contributed by atoms with van der Waals surface area (Å²) in [4.78, 5) is 0. The smallest absolute Gasteiger partial charge is 0.107 e. The molecule has 2 aromatic rings. The molecular weight excluding hydrogens is 264 g/mol. The fourth-order valence-corrected chi connectivity index (χ4v) is 2.16. The topological polar surface area (TPSA) is 12.5 Å². The molecule has 0 radical (unpaired) electrons. The highest BCUT2D eigenvalue weighted by Gasteiger charge is 2.27. The van der Waals surface area contributed by atoms with E-state index in [9.17, 15) is 0 Å². The number of ether oxygens (including phenoxy) is 1. The second-order valence-electron chi connectivity index (χ2n) is 3.92. The molecule has 16 heavy (non-hydrogen) atoms. The molecule has 1 fully saturated rings. The van der Waals surface area contributed by atoms with E-state index in [1.165, 1.54) is 16.7 Å². The summed E-state index contributed by atoms with van der Waals surface area (Å²) < 4.78 is 6.48. The Kier molecular flexibility index (Phi) is 2.54. The van der Waals surface area contributed by atoms with Crippen molar-refractivity contribution in [2.24, 2.45) is 0 Å². The molecule has 2 aromatic carbocycles. The molecule has 1 unspecified atom stereocenters. The normalized spacial score (nSPS) is 18.4. The molecule has 0 aromatic heterocycles. The van der Waals surface area contributed by atoms with Gasteiger partial charge in [0.15, 0.2) is 0 Å². The minimum absolute atomic E-state index is 0.305. The second-order valence-corrected chi connectivity index (χ2v) is 4.83. The van der Waals surface area contributed by atoms with Crippen LogP contribution in [-0.2, 0) is 4.74 Å². The third kappa shape index (κ3) is 1.91. The lowest BCUT2D eigenvalue weighted by molar-refractivity contribution is 0.416. The van der Waals surface area contributed by atoms with Gasteiger partial charge in [0.25, 0.3) is 0 Å². The maximum atomic E-state index is 5.37. The zero-order valence-corrected chi connectivity index (χ0v) is 10.3. The molecule has 0 bridgehead atoms. The van der Waals surface area contributed by atoms with Gasteiger partial charge in [-0.25, -0.2) is 0 Å². The Morgan fingerprint density at radius 3 is 2.38 bits per heavy atom. The summed E-state index contributed by atoms with van der Waals surface area (Å²) in [6, 6.07) is 16.8. The minimum atomic E-state index is 0.305. The maximum Gasteiger partial charge on any atom is 0.107 e. The quantitative estimate of drug-likeness (QED) is 0.749. The summed E-state index contributed by atoms with van der Waals surface area (Å²) >= 11 is 3.45. The van der Waals surface area contributed by atoms with Crippen LogP contribution in [0, 0.1) is 0 Å². The van der Waals surface area contributed by atoms with Crippen LogP contribution in [0.1, 0.15) is 11.7 Å². The van der Waals surface area contributed by atoms with Gasteiger partial charge >= 0.3 is 0 Å². The van der Waals surface area contributed by atoms with Crippen molar-refractivity contribution in [1.82, 2.24) is 0 Å². The van der Waals surface area contributed by atoms with Gasteiger partial charge in [0.05, 0.1) is 6.61 Å². The Morgan fingerprint density at radius 2 is 1.69 bits per heavy atom. The van der Waals surface area contributed by atoms with Crippen LogP contribution in [-0.4, -0.2) is 6.61 Å². The molecule has 1 nitrogen and oxygen atoms in total. The van der Waals surface area contributed by atoms with Gasteiger partial charge in [0.1, 0.15) is 6.10 Å². The van der Waals surface area contributed by atoms with Crippen LogP contribution >= 0.6 is 15.9 Å². The van der Waals surface area contributed by atoms with Gasteiger partial charge in [-0.05, 0) is 28.8 Å². The average molecular weight is 275 g/mol. The second kappa shape index (κ2) is 4.04. The van der Waals surface area contributed by atoms with E-state index < -0.39 is 0 Å². The van der Waals surface area contributed by atoms with Crippen molar-refractivity contribution in [2.45, 2.75) is 6.10 Å². The lowest BCUT2D eigenvalue weighted by atomic mass is 9.98. The Balaban J connectivity index is 2.08. The predicted octanol–water partition coefficient (Wildman–Crippen LogP) is 4.19. The zero-order valence-electron chi connectivity index (χ0n) is 8.69. The first-order chi connectivity index (χ1) is 7.84. The van der Waals surface area contributed by atoms with Crippen molar-refractivity contribution < 1.29 is 4.74 Å². The van der Waals surface area contributed by atoms with E-state index in [0.29, 0.717) is 6.10 Å². The molecule has 3 rings (SSSR count). The number of halogens is 1. The Labute approximate surface area is 103 Å². The van der Waals surface area contributed by atoms with Crippen LogP contribution in [0.5, 0.6) is 0 Å². The van der Waals surface area contributed by atoms with Crippen LogP contribution in [0.3, 0.4) is 0 Å². The fourth-order valence-electron chi connectivity index (χ4n) is 1.90. The largest absolute Gasteiger partial charge is 0.368 e. The number of hydrogen-bond donors (Lipinski definition) is 0. The van der Waals surface area contributed by atoms with E-state index in [1.807, 2.05) is 0 Å². The number of benzene rings is 2. The Morgan fingerprint density at radius 1 is 1.00 bits per heavy atom. The molecule has 1 aliphatic rings.